The first-order valence-corrected chi connectivity index (χ1v) is 12.0. The van der Waals surface area contributed by atoms with Crippen LogP contribution in [-0.2, 0) is 17.8 Å². The molecule has 190 valence electrons. The van der Waals surface area contributed by atoms with E-state index in [4.69, 9.17) is 14.2 Å². The van der Waals surface area contributed by atoms with Gasteiger partial charge in [-0.3, -0.25) is 0 Å². The summed E-state index contributed by atoms with van der Waals surface area (Å²) in [7, 11) is 1.60. The maximum Gasteiger partial charge on any atom is 0.361 e. The molecule has 0 unspecified atom stereocenters. The normalized spacial score (nSPS) is 11.1. The lowest BCUT2D eigenvalue weighted by Crippen LogP contribution is -2.25. The smallest absolute Gasteiger partial charge is 0.361 e. The van der Waals surface area contributed by atoms with E-state index in [0.717, 1.165) is 22.3 Å². The molecule has 4 aromatic rings. The van der Waals surface area contributed by atoms with Gasteiger partial charge in [0.05, 0.1) is 7.11 Å². The molecule has 0 aliphatic rings. The minimum atomic E-state index is -0.762. The second-order valence-electron chi connectivity index (χ2n) is 9.48. The average molecular weight is 499 g/mol. The number of aromatic hydroxyl groups is 1. The fourth-order valence-electron chi connectivity index (χ4n) is 3.80. The van der Waals surface area contributed by atoms with Gasteiger partial charge in [0.1, 0.15) is 23.8 Å². The molecular formula is C30H30N2O5. The van der Waals surface area contributed by atoms with E-state index in [2.05, 4.69) is 9.97 Å². The van der Waals surface area contributed by atoms with Crippen molar-refractivity contribution >= 4 is 5.97 Å². The van der Waals surface area contributed by atoms with Gasteiger partial charge >= 0.3 is 5.97 Å². The van der Waals surface area contributed by atoms with Crippen molar-refractivity contribution in [2.45, 2.75) is 39.4 Å². The molecule has 0 saturated carbocycles. The van der Waals surface area contributed by atoms with Crippen LogP contribution in [0.25, 0.3) is 11.1 Å². The largest absolute Gasteiger partial charge is 0.497 e. The van der Waals surface area contributed by atoms with Crippen molar-refractivity contribution in [3.05, 3.63) is 102 Å². The Bertz CT molecular complexity index is 1370. The maximum absolute atomic E-state index is 13.1. The summed E-state index contributed by atoms with van der Waals surface area (Å²) < 4.78 is 16.8. The predicted octanol–water partition coefficient (Wildman–Crippen LogP) is 5.98. The molecule has 4 rings (SSSR count). The van der Waals surface area contributed by atoms with Crippen molar-refractivity contribution in [2.75, 3.05) is 7.11 Å². The van der Waals surface area contributed by atoms with Gasteiger partial charge in [-0.2, -0.15) is 4.98 Å². The number of benzene rings is 3. The number of esters is 1. The third-order valence-corrected chi connectivity index (χ3v) is 5.46. The van der Waals surface area contributed by atoms with Crippen LogP contribution < -0.4 is 9.47 Å². The molecule has 0 bridgehead atoms. The third-order valence-electron chi connectivity index (χ3n) is 5.46. The number of carbonyl (C=O) groups excluding carboxylic acids is 1. The van der Waals surface area contributed by atoms with Crippen molar-refractivity contribution in [1.82, 2.24) is 9.97 Å². The standard InChI is InChI=1S/C30H30N2O5/c1-30(2,3)37-29(34)26-27(36-19-20-11-7-5-8-12-20)28(33)32-25(31-26)18-22-17-23(35-4)15-16-24(22)21-13-9-6-10-14-21/h5-17H,18-19H2,1-4H3,(H,31,32,33). The SMILES string of the molecule is COc1ccc(-c2ccccc2)c(Cc2nc(O)c(OCc3ccccc3)c(C(=O)OC(C)(C)C)n2)c1. The Kier molecular flexibility index (Phi) is 7.72. The zero-order valence-electron chi connectivity index (χ0n) is 21.4. The van der Waals surface area contributed by atoms with E-state index in [1.54, 1.807) is 27.9 Å². The summed E-state index contributed by atoms with van der Waals surface area (Å²) in [6.07, 6.45) is 0.240. The summed E-state index contributed by atoms with van der Waals surface area (Å²) >= 11 is 0. The zero-order valence-corrected chi connectivity index (χ0v) is 21.4. The first kappa shape index (κ1) is 25.7. The van der Waals surface area contributed by atoms with Gasteiger partial charge in [-0.1, -0.05) is 66.7 Å². The van der Waals surface area contributed by atoms with E-state index < -0.39 is 17.5 Å². The number of hydrogen-bond acceptors (Lipinski definition) is 7. The number of methoxy groups -OCH3 is 1. The summed E-state index contributed by atoms with van der Waals surface area (Å²) in [6, 6.07) is 25.1. The van der Waals surface area contributed by atoms with E-state index in [0.29, 0.717) is 5.75 Å². The Morgan fingerprint density at radius 3 is 2.24 bits per heavy atom. The lowest BCUT2D eigenvalue weighted by molar-refractivity contribution is 0.00566. The van der Waals surface area contributed by atoms with Crippen molar-refractivity contribution in [3.8, 4) is 28.5 Å². The molecule has 1 aromatic heterocycles. The van der Waals surface area contributed by atoms with Crippen LogP contribution in [-0.4, -0.2) is 33.8 Å². The molecule has 0 aliphatic heterocycles. The topological polar surface area (TPSA) is 90.8 Å². The van der Waals surface area contributed by atoms with Crippen LogP contribution in [0.5, 0.6) is 17.4 Å². The quantitative estimate of drug-likeness (QED) is 0.299. The second-order valence-corrected chi connectivity index (χ2v) is 9.48. The Balaban J connectivity index is 1.73. The molecule has 0 amide bonds. The number of hydrogen-bond donors (Lipinski definition) is 1. The molecule has 3 aromatic carbocycles. The minimum Gasteiger partial charge on any atom is -0.497 e. The number of ether oxygens (including phenoxy) is 3. The Hall–Kier alpha value is -4.39. The van der Waals surface area contributed by atoms with Crippen molar-refractivity contribution in [2.24, 2.45) is 0 Å². The van der Waals surface area contributed by atoms with Crippen LogP contribution >= 0.6 is 0 Å². The summed E-state index contributed by atoms with van der Waals surface area (Å²) in [4.78, 5) is 21.9. The number of rotatable bonds is 8. The van der Waals surface area contributed by atoms with E-state index >= 15 is 0 Å². The molecular weight excluding hydrogens is 468 g/mol. The summed E-state index contributed by atoms with van der Waals surface area (Å²) in [6.45, 7) is 5.42. The van der Waals surface area contributed by atoms with Crippen LogP contribution in [0.15, 0.2) is 78.9 Å². The predicted molar refractivity (Wildman–Crippen MR) is 141 cm³/mol. The first-order chi connectivity index (χ1) is 17.7. The van der Waals surface area contributed by atoms with Crippen molar-refractivity contribution in [3.63, 3.8) is 0 Å². The molecule has 0 spiro atoms. The van der Waals surface area contributed by atoms with Crippen LogP contribution in [0.3, 0.4) is 0 Å². The van der Waals surface area contributed by atoms with Gasteiger partial charge < -0.3 is 19.3 Å². The maximum atomic E-state index is 13.1. The molecule has 1 heterocycles. The van der Waals surface area contributed by atoms with Crippen LogP contribution in [0.2, 0.25) is 0 Å². The summed E-state index contributed by atoms with van der Waals surface area (Å²) in [5, 5.41) is 10.9. The molecule has 7 nitrogen and oxygen atoms in total. The molecule has 1 N–H and O–H groups in total. The van der Waals surface area contributed by atoms with Gasteiger partial charge in [0.15, 0.2) is 5.69 Å². The van der Waals surface area contributed by atoms with E-state index in [-0.39, 0.29) is 30.3 Å². The number of carbonyl (C=O) groups is 1. The summed E-state index contributed by atoms with van der Waals surface area (Å²) in [5.74, 6) is -0.324. The fraction of sp³-hybridized carbons (Fsp3) is 0.233. The summed E-state index contributed by atoms with van der Waals surface area (Å²) in [5.41, 5.74) is 2.83. The molecule has 0 atom stereocenters. The van der Waals surface area contributed by atoms with Crippen LogP contribution in [0, 0.1) is 0 Å². The van der Waals surface area contributed by atoms with Gasteiger partial charge in [-0.15, -0.1) is 0 Å². The van der Waals surface area contributed by atoms with E-state index in [1.807, 2.05) is 78.9 Å². The average Bonchev–Trinajstić information content (AvgIpc) is 2.88. The van der Waals surface area contributed by atoms with Gasteiger partial charge in [0, 0.05) is 6.42 Å². The van der Waals surface area contributed by atoms with E-state index in [9.17, 15) is 9.90 Å². The molecule has 0 fully saturated rings. The van der Waals surface area contributed by atoms with Gasteiger partial charge in [-0.05, 0) is 55.2 Å². The van der Waals surface area contributed by atoms with Gasteiger partial charge in [0.2, 0.25) is 5.75 Å². The number of aromatic nitrogens is 2. The lowest BCUT2D eigenvalue weighted by Gasteiger charge is -2.20. The second kappa shape index (κ2) is 11.1. The Morgan fingerprint density at radius 1 is 0.919 bits per heavy atom. The first-order valence-electron chi connectivity index (χ1n) is 12.0. The van der Waals surface area contributed by atoms with E-state index in [1.165, 1.54) is 0 Å². The third kappa shape index (κ3) is 6.64. The Labute approximate surface area is 216 Å². The molecule has 0 radical (unpaired) electrons. The van der Waals surface area contributed by atoms with Gasteiger partial charge in [-0.25, -0.2) is 9.78 Å². The van der Waals surface area contributed by atoms with Crippen molar-refractivity contribution < 1.29 is 24.1 Å². The highest BCUT2D eigenvalue weighted by atomic mass is 16.6. The minimum absolute atomic E-state index is 0.115. The van der Waals surface area contributed by atoms with Crippen LogP contribution in [0.4, 0.5) is 0 Å². The monoisotopic (exact) mass is 498 g/mol. The molecule has 0 saturated heterocycles. The Morgan fingerprint density at radius 2 is 1.59 bits per heavy atom. The highest BCUT2D eigenvalue weighted by Crippen LogP contribution is 2.33. The highest BCUT2D eigenvalue weighted by Gasteiger charge is 2.27. The molecule has 0 aliphatic carbocycles. The zero-order chi connectivity index (χ0) is 26.4. The fourth-order valence-corrected chi connectivity index (χ4v) is 3.80. The van der Waals surface area contributed by atoms with Gasteiger partial charge in [0.25, 0.3) is 5.88 Å². The lowest BCUT2D eigenvalue weighted by atomic mass is 9.97. The molecule has 7 heteroatoms. The van der Waals surface area contributed by atoms with Crippen LogP contribution in [0.1, 0.15) is 48.2 Å². The highest BCUT2D eigenvalue weighted by molar-refractivity contribution is 5.91. The van der Waals surface area contributed by atoms with Crippen molar-refractivity contribution in [1.29, 1.82) is 0 Å². The number of nitrogens with zero attached hydrogens (tertiary/aromatic N) is 2. The molecule has 37 heavy (non-hydrogen) atoms.